The molecule has 0 aliphatic carbocycles. The fourth-order valence-corrected chi connectivity index (χ4v) is 2.10. The van der Waals surface area contributed by atoms with Crippen molar-refractivity contribution in [2.75, 3.05) is 0 Å². The Bertz CT molecular complexity index is 663. The number of carbonyl (C=O) groups is 1. The summed E-state index contributed by atoms with van der Waals surface area (Å²) in [6.07, 6.45) is 1.34. The van der Waals surface area contributed by atoms with Crippen LogP contribution in [0.2, 0.25) is 0 Å². The van der Waals surface area contributed by atoms with Gasteiger partial charge >= 0.3 is 0 Å². The van der Waals surface area contributed by atoms with Gasteiger partial charge in [0.05, 0.1) is 17.2 Å². The van der Waals surface area contributed by atoms with Gasteiger partial charge in [-0.15, -0.1) is 0 Å². The molecule has 6 heteroatoms. The second-order valence-corrected chi connectivity index (χ2v) is 4.64. The molecule has 0 bridgehead atoms. The van der Waals surface area contributed by atoms with Gasteiger partial charge in [-0.25, -0.2) is 10.5 Å². The van der Waals surface area contributed by atoms with E-state index in [1.165, 1.54) is 10.9 Å². The molecule has 2 N–H and O–H groups in total. The van der Waals surface area contributed by atoms with Crippen LogP contribution in [0.4, 0.5) is 0 Å². The molecule has 1 aromatic carbocycles. The van der Waals surface area contributed by atoms with Crippen LogP contribution in [0.25, 0.3) is 10.9 Å². The van der Waals surface area contributed by atoms with Crippen molar-refractivity contribution in [2.45, 2.75) is 19.9 Å². The molecule has 100 valence electrons. The number of fused-ring (bicyclic) bond motifs is 1. The van der Waals surface area contributed by atoms with E-state index in [4.69, 9.17) is 5.21 Å². The monoisotopic (exact) mass is 261 g/mol. The van der Waals surface area contributed by atoms with Crippen LogP contribution in [0.15, 0.2) is 35.4 Å². The molecule has 0 aliphatic heterocycles. The minimum absolute atomic E-state index is 0.159. The standard InChI is InChI=1S/C13H15N3O3/c1-8(2)11(12(17)15-19)16-7-14-10-6-4-3-5-9(10)13(16)18/h3-8,11,19H,1-2H3,(H,15,17)/t11-/m1/s1. The van der Waals surface area contributed by atoms with Gasteiger partial charge in [0, 0.05) is 0 Å². The molecule has 1 atom stereocenters. The number of hydrogen-bond donors (Lipinski definition) is 2. The Hall–Kier alpha value is -2.21. The zero-order valence-electron chi connectivity index (χ0n) is 10.7. The van der Waals surface area contributed by atoms with E-state index in [-0.39, 0.29) is 11.5 Å². The third-order valence-electron chi connectivity index (χ3n) is 3.00. The molecule has 0 fully saturated rings. The highest BCUT2D eigenvalue weighted by atomic mass is 16.5. The fraction of sp³-hybridized carbons (Fsp3) is 0.308. The van der Waals surface area contributed by atoms with Crippen molar-refractivity contribution in [1.82, 2.24) is 15.0 Å². The maximum atomic E-state index is 12.4. The summed E-state index contributed by atoms with van der Waals surface area (Å²) >= 11 is 0. The molecule has 0 aliphatic rings. The predicted octanol–water partition coefficient (Wildman–Crippen LogP) is 1.10. The summed E-state index contributed by atoms with van der Waals surface area (Å²) in [7, 11) is 0. The molecule has 1 aromatic heterocycles. The number of aromatic nitrogens is 2. The highest BCUT2D eigenvalue weighted by Crippen LogP contribution is 2.16. The van der Waals surface area contributed by atoms with Crippen LogP contribution < -0.4 is 11.0 Å². The number of carbonyl (C=O) groups excluding carboxylic acids is 1. The number of benzene rings is 1. The Balaban J connectivity index is 2.64. The van der Waals surface area contributed by atoms with Crippen molar-refractivity contribution in [3.8, 4) is 0 Å². The second-order valence-electron chi connectivity index (χ2n) is 4.64. The first-order valence-corrected chi connectivity index (χ1v) is 5.96. The first-order valence-electron chi connectivity index (χ1n) is 5.96. The summed E-state index contributed by atoms with van der Waals surface area (Å²) < 4.78 is 1.25. The van der Waals surface area contributed by atoms with Crippen molar-refractivity contribution in [2.24, 2.45) is 5.92 Å². The lowest BCUT2D eigenvalue weighted by Gasteiger charge is -2.21. The molecule has 0 saturated heterocycles. The number of nitrogens with zero attached hydrogens (tertiary/aromatic N) is 2. The van der Waals surface area contributed by atoms with Gasteiger partial charge in [0.2, 0.25) is 0 Å². The van der Waals surface area contributed by atoms with E-state index in [0.717, 1.165) is 0 Å². The molecule has 0 radical (unpaired) electrons. The van der Waals surface area contributed by atoms with Crippen molar-refractivity contribution in [3.05, 3.63) is 40.9 Å². The molecule has 6 nitrogen and oxygen atoms in total. The van der Waals surface area contributed by atoms with Crippen LogP contribution in [0.3, 0.4) is 0 Å². The van der Waals surface area contributed by atoms with Crippen molar-refractivity contribution < 1.29 is 10.0 Å². The van der Waals surface area contributed by atoms with Gasteiger partial charge in [-0.3, -0.25) is 19.4 Å². The van der Waals surface area contributed by atoms with Gasteiger partial charge < -0.3 is 0 Å². The molecule has 1 heterocycles. The number of rotatable bonds is 3. The fourth-order valence-electron chi connectivity index (χ4n) is 2.10. The van der Waals surface area contributed by atoms with E-state index >= 15 is 0 Å². The number of nitrogens with one attached hydrogen (secondary N) is 1. The van der Waals surface area contributed by atoms with Crippen LogP contribution in [-0.2, 0) is 4.79 Å². The molecule has 2 aromatic rings. The van der Waals surface area contributed by atoms with Gasteiger partial charge in [-0.2, -0.15) is 0 Å². The molecule has 0 saturated carbocycles. The van der Waals surface area contributed by atoms with Crippen molar-refractivity contribution in [3.63, 3.8) is 0 Å². The van der Waals surface area contributed by atoms with Crippen LogP contribution in [0, 0.1) is 5.92 Å². The topological polar surface area (TPSA) is 84.2 Å². The normalized spacial score (nSPS) is 12.6. The smallest absolute Gasteiger partial charge is 0.266 e. The zero-order chi connectivity index (χ0) is 14.0. The number of amides is 1. The Kier molecular flexibility index (Phi) is 3.62. The van der Waals surface area contributed by atoms with Crippen LogP contribution in [-0.4, -0.2) is 20.7 Å². The van der Waals surface area contributed by atoms with Gasteiger partial charge in [-0.1, -0.05) is 26.0 Å². The van der Waals surface area contributed by atoms with Gasteiger partial charge in [0.15, 0.2) is 0 Å². The van der Waals surface area contributed by atoms with E-state index < -0.39 is 11.9 Å². The molecule has 0 spiro atoms. The molecular weight excluding hydrogens is 246 g/mol. The summed E-state index contributed by atoms with van der Waals surface area (Å²) in [5, 5.41) is 9.23. The molecule has 19 heavy (non-hydrogen) atoms. The molecular formula is C13H15N3O3. The van der Waals surface area contributed by atoms with Crippen molar-refractivity contribution >= 4 is 16.8 Å². The SMILES string of the molecule is CC(C)[C@H](C(=O)NO)n1cnc2ccccc2c1=O. The number of para-hydroxylation sites is 1. The van der Waals surface area contributed by atoms with Crippen LogP contribution in [0.5, 0.6) is 0 Å². The summed E-state index contributed by atoms with van der Waals surface area (Å²) in [6.45, 7) is 3.59. The highest BCUT2D eigenvalue weighted by Gasteiger charge is 2.25. The van der Waals surface area contributed by atoms with E-state index in [9.17, 15) is 9.59 Å². The third kappa shape index (κ3) is 2.34. The Morgan fingerprint density at radius 1 is 1.37 bits per heavy atom. The van der Waals surface area contributed by atoms with E-state index in [1.54, 1.807) is 43.6 Å². The zero-order valence-corrected chi connectivity index (χ0v) is 10.7. The summed E-state index contributed by atoms with van der Waals surface area (Å²) in [4.78, 5) is 28.2. The van der Waals surface area contributed by atoms with Crippen LogP contribution >= 0.6 is 0 Å². The van der Waals surface area contributed by atoms with Crippen molar-refractivity contribution in [1.29, 1.82) is 0 Å². The first kappa shape index (κ1) is 13.2. The van der Waals surface area contributed by atoms with E-state index in [0.29, 0.717) is 10.9 Å². The summed E-state index contributed by atoms with van der Waals surface area (Å²) in [6, 6.07) is 6.13. The first-order chi connectivity index (χ1) is 9.06. The lowest BCUT2D eigenvalue weighted by Crippen LogP contribution is -2.38. The van der Waals surface area contributed by atoms with E-state index in [1.807, 2.05) is 0 Å². The quantitative estimate of drug-likeness (QED) is 0.640. The summed E-state index contributed by atoms with van der Waals surface area (Å²) in [5.41, 5.74) is 1.87. The Labute approximate surface area is 109 Å². The molecule has 2 rings (SSSR count). The third-order valence-corrected chi connectivity index (χ3v) is 3.00. The lowest BCUT2D eigenvalue weighted by atomic mass is 10.0. The maximum Gasteiger partial charge on any atom is 0.266 e. The largest absolute Gasteiger partial charge is 0.289 e. The minimum atomic E-state index is -0.797. The molecule has 0 unspecified atom stereocenters. The average Bonchev–Trinajstić information content (AvgIpc) is 2.41. The number of hydroxylamine groups is 1. The Morgan fingerprint density at radius 2 is 2.05 bits per heavy atom. The summed E-state index contributed by atoms with van der Waals surface area (Å²) in [5.74, 6) is -0.790. The minimum Gasteiger partial charge on any atom is -0.289 e. The average molecular weight is 261 g/mol. The van der Waals surface area contributed by atoms with Gasteiger partial charge in [-0.05, 0) is 18.1 Å². The van der Waals surface area contributed by atoms with Crippen LogP contribution in [0.1, 0.15) is 19.9 Å². The molecule has 1 amide bonds. The predicted molar refractivity (Wildman–Crippen MR) is 69.8 cm³/mol. The second kappa shape index (κ2) is 5.19. The number of hydrogen-bond acceptors (Lipinski definition) is 4. The lowest BCUT2D eigenvalue weighted by molar-refractivity contribution is -0.134. The van der Waals surface area contributed by atoms with Gasteiger partial charge in [0.1, 0.15) is 6.04 Å². The highest BCUT2D eigenvalue weighted by molar-refractivity contribution is 5.81. The van der Waals surface area contributed by atoms with Gasteiger partial charge in [0.25, 0.3) is 11.5 Å². The Morgan fingerprint density at radius 3 is 2.68 bits per heavy atom. The maximum absolute atomic E-state index is 12.4. The van der Waals surface area contributed by atoms with E-state index in [2.05, 4.69) is 4.98 Å².